The van der Waals surface area contributed by atoms with Crippen molar-refractivity contribution in [1.29, 1.82) is 0 Å². The zero-order valence-electron chi connectivity index (χ0n) is 15.0. The molecule has 0 aromatic heterocycles. The first-order valence-corrected chi connectivity index (χ1v) is 9.34. The quantitative estimate of drug-likeness (QED) is 0.736. The summed E-state index contributed by atoms with van der Waals surface area (Å²) in [4.78, 5) is 24.1. The fraction of sp³-hybridized carbons (Fsp3) is 0.900. The summed E-state index contributed by atoms with van der Waals surface area (Å²) in [5, 5.41) is 0. The third-order valence-corrected chi connectivity index (χ3v) is 8.77. The Kier molecular flexibility index (Phi) is 3.14. The van der Waals surface area contributed by atoms with Gasteiger partial charge >= 0.3 is 5.97 Å². The average Bonchev–Trinajstić information content (AvgIpc) is 2.95. The monoisotopic (exact) mass is 318 g/mol. The molecule has 128 valence electrons. The largest absolute Gasteiger partial charge is 0.469 e. The minimum absolute atomic E-state index is 0.0207. The molecule has 0 aromatic carbocycles. The molecule has 5 aliphatic carbocycles. The summed E-state index contributed by atoms with van der Waals surface area (Å²) < 4.78 is 4.87. The Morgan fingerprint density at radius 1 is 1.22 bits per heavy atom. The summed E-state index contributed by atoms with van der Waals surface area (Å²) in [5.74, 6) is 2.79. The highest BCUT2D eigenvalue weighted by Gasteiger charge is 2.77. The first-order chi connectivity index (χ1) is 10.8. The van der Waals surface area contributed by atoms with Crippen LogP contribution in [0.15, 0.2) is 0 Å². The smallest absolute Gasteiger partial charge is 0.305 e. The van der Waals surface area contributed by atoms with Gasteiger partial charge in [0.2, 0.25) is 0 Å². The zero-order valence-corrected chi connectivity index (χ0v) is 15.0. The Labute approximate surface area is 139 Å². The van der Waals surface area contributed by atoms with Crippen LogP contribution in [0.1, 0.15) is 65.7 Å². The molecule has 3 nitrogen and oxygen atoms in total. The van der Waals surface area contributed by atoms with Crippen molar-refractivity contribution in [3.63, 3.8) is 0 Å². The van der Waals surface area contributed by atoms with E-state index in [1.54, 1.807) is 6.92 Å². The van der Waals surface area contributed by atoms with Crippen LogP contribution in [-0.4, -0.2) is 18.9 Å². The second-order valence-electron chi connectivity index (χ2n) is 9.53. The van der Waals surface area contributed by atoms with Crippen LogP contribution >= 0.6 is 0 Å². The lowest BCUT2D eigenvalue weighted by molar-refractivity contribution is -0.152. The number of methoxy groups -OCH3 is 1. The van der Waals surface area contributed by atoms with Crippen LogP contribution in [0.4, 0.5) is 0 Å². The maximum absolute atomic E-state index is 12.4. The number of ketones is 1. The lowest BCUT2D eigenvalue weighted by Crippen LogP contribution is -2.54. The highest BCUT2D eigenvalue weighted by atomic mass is 16.5. The molecule has 1 spiro atoms. The molecule has 3 heteroatoms. The van der Waals surface area contributed by atoms with Crippen LogP contribution in [0.25, 0.3) is 0 Å². The summed E-state index contributed by atoms with van der Waals surface area (Å²) >= 11 is 0. The molecular weight excluding hydrogens is 288 g/mol. The molecule has 4 bridgehead atoms. The van der Waals surface area contributed by atoms with E-state index in [2.05, 4.69) is 13.8 Å². The molecular formula is C20H30O3. The summed E-state index contributed by atoms with van der Waals surface area (Å²) in [6.07, 6.45) is 7.57. The van der Waals surface area contributed by atoms with Crippen molar-refractivity contribution < 1.29 is 14.3 Å². The molecule has 2 unspecified atom stereocenters. The van der Waals surface area contributed by atoms with E-state index >= 15 is 0 Å². The Morgan fingerprint density at radius 3 is 2.52 bits per heavy atom. The van der Waals surface area contributed by atoms with E-state index in [1.165, 1.54) is 32.8 Å². The molecule has 5 fully saturated rings. The number of ether oxygens (including phenoxy) is 1. The van der Waals surface area contributed by atoms with E-state index in [9.17, 15) is 9.59 Å². The summed E-state index contributed by atoms with van der Waals surface area (Å²) in [5.41, 5.74) is 1.06. The van der Waals surface area contributed by atoms with Gasteiger partial charge in [-0.1, -0.05) is 13.8 Å². The van der Waals surface area contributed by atoms with Gasteiger partial charge in [-0.05, 0) is 79.4 Å². The Bertz CT molecular complexity index is 569. The number of hydrogen-bond acceptors (Lipinski definition) is 3. The molecule has 0 aliphatic heterocycles. The first-order valence-electron chi connectivity index (χ1n) is 9.34. The number of carbonyl (C=O) groups excluding carboxylic acids is 2. The molecule has 5 saturated carbocycles. The lowest BCUT2D eigenvalue weighted by atomic mass is 9.44. The van der Waals surface area contributed by atoms with Gasteiger partial charge in [0.05, 0.1) is 7.11 Å². The molecule has 0 radical (unpaired) electrons. The normalized spacial score (nSPS) is 52.7. The van der Waals surface area contributed by atoms with Gasteiger partial charge in [0.25, 0.3) is 0 Å². The predicted molar refractivity (Wildman–Crippen MR) is 87.6 cm³/mol. The van der Waals surface area contributed by atoms with Crippen molar-refractivity contribution in [2.75, 3.05) is 7.11 Å². The van der Waals surface area contributed by atoms with Gasteiger partial charge in [-0.15, -0.1) is 0 Å². The Morgan fingerprint density at radius 2 is 1.96 bits per heavy atom. The van der Waals surface area contributed by atoms with Gasteiger partial charge in [-0.25, -0.2) is 0 Å². The maximum atomic E-state index is 12.4. The lowest BCUT2D eigenvalue weighted by Gasteiger charge is -2.60. The van der Waals surface area contributed by atoms with Gasteiger partial charge in [-0.2, -0.15) is 0 Å². The van der Waals surface area contributed by atoms with Crippen molar-refractivity contribution in [1.82, 2.24) is 0 Å². The van der Waals surface area contributed by atoms with Crippen molar-refractivity contribution in [3.05, 3.63) is 0 Å². The SMILES string of the molecule is COC(=O)CC[C@]1(C)C(C(C)=O)CC[C@@]23C[C@@H]4[C@@H](CC21)[C@@]4(C)C3. The molecule has 0 aromatic rings. The van der Waals surface area contributed by atoms with E-state index in [-0.39, 0.29) is 17.3 Å². The van der Waals surface area contributed by atoms with E-state index < -0.39 is 0 Å². The van der Waals surface area contributed by atoms with Crippen molar-refractivity contribution in [2.24, 2.45) is 39.9 Å². The maximum Gasteiger partial charge on any atom is 0.305 e. The molecule has 0 N–H and O–H groups in total. The number of hydrogen-bond donors (Lipinski definition) is 0. The molecule has 0 heterocycles. The minimum Gasteiger partial charge on any atom is -0.469 e. The van der Waals surface area contributed by atoms with E-state index in [0.717, 1.165) is 24.7 Å². The topological polar surface area (TPSA) is 43.4 Å². The van der Waals surface area contributed by atoms with Gasteiger partial charge < -0.3 is 4.74 Å². The molecule has 5 rings (SSSR count). The summed E-state index contributed by atoms with van der Waals surface area (Å²) in [6.45, 7) is 6.56. The Hall–Kier alpha value is -0.860. The van der Waals surface area contributed by atoms with Crippen LogP contribution in [0.3, 0.4) is 0 Å². The summed E-state index contributed by atoms with van der Waals surface area (Å²) in [6, 6.07) is 0. The van der Waals surface area contributed by atoms with E-state index in [4.69, 9.17) is 4.74 Å². The van der Waals surface area contributed by atoms with Gasteiger partial charge in [0.15, 0.2) is 0 Å². The fourth-order valence-electron chi connectivity index (χ4n) is 7.70. The fourth-order valence-corrected chi connectivity index (χ4v) is 7.70. The average molecular weight is 318 g/mol. The van der Waals surface area contributed by atoms with Crippen LogP contribution in [0, 0.1) is 39.9 Å². The molecule has 0 saturated heterocycles. The highest BCUT2D eigenvalue weighted by Crippen LogP contribution is 2.84. The first kappa shape index (κ1) is 15.7. The van der Waals surface area contributed by atoms with Crippen LogP contribution < -0.4 is 0 Å². The van der Waals surface area contributed by atoms with Crippen molar-refractivity contribution in [2.45, 2.75) is 65.7 Å². The molecule has 7 atom stereocenters. The number of esters is 1. The predicted octanol–water partition coefficient (Wildman–Crippen LogP) is 4.00. The molecule has 5 aliphatic rings. The van der Waals surface area contributed by atoms with Gasteiger partial charge in [-0.3, -0.25) is 9.59 Å². The molecule has 23 heavy (non-hydrogen) atoms. The summed E-state index contributed by atoms with van der Waals surface area (Å²) in [7, 11) is 1.46. The minimum atomic E-state index is -0.133. The Balaban J connectivity index is 1.64. The number of rotatable bonds is 4. The number of Topliss-reactive ketones (excluding diaryl/α,β-unsaturated/α-hetero) is 1. The zero-order chi connectivity index (χ0) is 16.6. The third kappa shape index (κ3) is 1.88. The van der Waals surface area contributed by atoms with E-state index in [0.29, 0.717) is 29.0 Å². The highest BCUT2D eigenvalue weighted by molar-refractivity contribution is 5.79. The second kappa shape index (κ2) is 4.61. The number of carbonyl (C=O) groups is 2. The van der Waals surface area contributed by atoms with E-state index in [1.807, 2.05) is 0 Å². The second-order valence-corrected chi connectivity index (χ2v) is 9.53. The van der Waals surface area contributed by atoms with Gasteiger partial charge in [0.1, 0.15) is 5.78 Å². The van der Waals surface area contributed by atoms with Crippen LogP contribution in [0.5, 0.6) is 0 Å². The van der Waals surface area contributed by atoms with Crippen molar-refractivity contribution >= 4 is 11.8 Å². The van der Waals surface area contributed by atoms with Crippen LogP contribution in [0.2, 0.25) is 0 Å². The standard InChI is InChI=1S/C20H30O3/c1-12(21)13-5-8-20-10-15-14(19(15,3)11-20)9-16(20)18(13,2)7-6-17(22)23-4/h13-16H,5-11H2,1-4H3/t13?,14-,15-,16?,18-,19-,20+/m1/s1. The molecule has 0 amide bonds. The third-order valence-electron chi connectivity index (χ3n) is 8.77. The van der Waals surface area contributed by atoms with Crippen molar-refractivity contribution in [3.8, 4) is 0 Å². The van der Waals surface area contributed by atoms with Crippen LogP contribution in [-0.2, 0) is 14.3 Å². The van der Waals surface area contributed by atoms with Gasteiger partial charge in [0, 0.05) is 12.3 Å².